The lowest BCUT2D eigenvalue weighted by Gasteiger charge is -2.47. The first-order valence-electron chi connectivity index (χ1n) is 7.82. The molecule has 2 unspecified atom stereocenters. The minimum absolute atomic E-state index is 0.652. The van der Waals surface area contributed by atoms with E-state index >= 15 is 0 Å². The monoisotopic (exact) mass is 294 g/mol. The number of hydrogen-bond donors (Lipinski definition) is 1. The second kappa shape index (κ2) is 6.52. The van der Waals surface area contributed by atoms with Crippen molar-refractivity contribution >= 4 is 11.3 Å². The molecule has 0 radical (unpaired) electrons. The molecule has 0 spiro atoms. The van der Waals surface area contributed by atoms with Gasteiger partial charge in [0.25, 0.3) is 0 Å². The fourth-order valence-electron chi connectivity index (χ4n) is 3.50. The van der Waals surface area contributed by atoms with Crippen LogP contribution in [-0.4, -0.2) is 53.5 Å². The van der Waals surface area contributed by atoms with Gasteiger partial charge in [0.1, 0.15) is 5.01 Å². The van der Waals surface area contributed by atoms with Crippen molar-refractivity contribution in [2.75, 3.05) is 26.7 Å². The van der Waals surface area contributed by atoms with Crippen molar-refractivity contribution in [1.29, 1.82) is 0 Å². The zero-order valence-corrected chi connectivity index (χ0v) is 13.5. The highest BCUT2D eigenvalue weighted by Gasteiger charge is 2.32. The molecule has 0 aromatic carbocycles. The molecule has 3 rings (SSSR count). The summed E-state index contributed by atoms with van der Waals surface area (Å²) in [6, 6.07) is 1.44. The van der Waals surface area contributed by atoms with Gasteiger partial charge in [-0.05, 0) is 33.4 Å². The Morgan fingerprint density at radius 3 is 3.15 bits per heavy atom. The van der Waals surface area contributed by atoms with Crippen molar-refractivity contribution in [3.63, 3.8) is 0 Å². The van der Waals surface area contributed by atoms with Gasteiger partial charge in [-0.3, -0.25) is 9.80 Å². The van der Waals surface area contributed by atoms with Crippen LogP contribution in [0.4, 0.5) is 0 Å². The van der Waals surface area contributed by atoms with Crippen LogP contribution < -0.4 is 5.32 Å². The Balaban J connectivity index is 1.61. The molecule has 1 aromatic rings. The summed E-state index contributed by atoms with van der Waals surface area (Å²) in [5, 5.41) is 6.60. The van der Waals surface area contributed by atoms with E-state index in [-0.39, 0.29) is 0 Å². The Bertz CT molecular complexity index is 433. The molecule has 2 fully saturated rings. The summed E-state index contributed by atoms with van der Waals surface area (Å²) in [4.78, 5) is 10.1. The Hall–Kier alpha value is -0.490. The molecule has 2 saturated heterocycles. The highest BCUT2D eigenvalue weighted by atomic mass is 32.1. The quantitative estimate of drug-likeness (QED) is 0.919. The molecule has 2 aliphatic heterocycles. The zero-order valence-electron chi connectivity index (χ0n) is 12.6. The highest BCUT2D eigenvalue weighted by Crippen LogP contribution is 2.25. The maximum atomic E-state index is 4.73. The summed E-state index contributed by atoms with van der Waals surface area (Å²) in [6.45, 7) is 8.04. The van der Waals surface area contributed by atoms with Gasteiger partial charge in [0.05, 0.1) is 5.69 Å². The molecule has 2 aliphatic rings. The van der Waals surface area contributed by atoms with E-state index in [9.17, 15) is 0 Å². The molecule has 1 aromatic heterocycles. The van der Waals surface area contributed by atoms with E-state index < -0.39 is 0 Å². The number of nitrogens with one attached hydrogen (secondary N) is 1. The van der Waals surface area contributed by atoms with Crippen LogP contribution in [-0.2, 0) is 13.1 Å². The maximum Gasteiger partial charge on any atom is 0.107 e. The summed E-state index contributed by atoms with van der Waals surface area (Å²) < 4.78 is 0. The van der Waals surface area contributed by atoms with E-state index in [4.69, 9.17) is 4.98 Å². The topological polar surface area (TPSA) is 31.4 Å². The second-order valence-electron chi connectivity index (χ2n) is 6.19. The van der Waals surface area contributed by atoms with Crippen LogP contribution in [0.1, 0.15) is 36.9 Å². The fourth-order valence-corrected chi connectivity index (χ4v) is 4.29. The standard InChI is InChI=1S/C15H26N4S/c1-12-8-18-6-4-3-5-14(18)10-19(12)9-13-11-20-15(17-13)7-16-2/h11-12,14,16H,3-10H2,1-2H3. The molecular formula is C15H26N4S. The van der Waals surface area contributed by atoms with Gasteiger partial charge in [-0.1, -0.05) is 6.42 Å². The van der Waals surface area contributed by atoms with Gasteiger partial charge >= 0.3 is 0 Å². The van der Waals surface area contributed by atoms with Crippen LogP contribution in [0.5, 0.6) is 0 Å². The molecule has 1 N–H and O–H groups in total. The first-order valence-corrected chi connectivity index (χ1v) is 8.70. The van der Waals surface area contributed by atoms with Crippen molar-refractivity contribution in [2.24, 2.45) is 0 Å². The van der Waals surface area contributed by atoms with Gasteiger partial charge in [0, 0.05) is 43.6 Å². The molecule has 112 valence electrons. The minimum atomic E-state index is 0.652. The van der Waals surface area contributed by atoms with E-state index in [1.165, 1.54) is 49.6 Å². The molecule has 0 aliphatic carbocycles. The molecule has 3 heterocycles. The van der Waals surface area contributed by atoms with Crippen molar-refractivity contribution < 1.29 is 0 Å². The maximum absolute atomic E-state index is 4.73. The van der Waals surface area contributed by atoms with E-state index in [1.54, 1.807) is 11.3 Å². The predicted octanol–water partition coefficient (Wildman–Crippen LogP) is 1.92. The summed E-state index contributed by atoms with van der Waals surface area (Å²) >= 11 is 1.78. The summed E-state index contributed by atoms with van der Waals surface area (Å²) in [6.07, 6.45) is 4.18. The van der Waals surface area contributed by atoms with Crippen molar-refractivity contribution in [1.82, 2.24) is 20.1 Å². The predicted molar refractivity (Wildman–Crippen MR) is 84.0 cm³/mol. The van der Waals surface area contributed by atoms with Gasteiger partial charge in [0.15, 0.2) is 0 Å². The Kier molecular flexibility index (Phi) is 4.71. The van der Waals surface area contributed by atoms with Crippen LogP contribution in [0.2, 0.25) is 0 Å². The smallest absolute Gasteiger partial charge is 0.107 e. The summed E-state index contributed by atoms with van der Waals surface area (Å²) in [7, 11) is 1.98. The largest absolute Gasteiger partial charge is 0.314 e. The van der Waals surface area contributed by atoms with Gasteiger partial charge < -0.3 is 5.32 Å². The van der Waals surface area contributed by atoms with Crippen LogP contribution in [0.3, 0.4) is 0 Å². The summed E-state index contributed by atoms with van der Waals surface area (Å²) in [5.41, 5.74) is 1.25. The van der Waals surface area contributed by atoms with Gasteiger partial charge in [-0.25, -0.2) is 4.98 Å². The van der Waals surface area contributed by atoms with E-state index in [2.05, 4.69) is 27.4 Å². The Labute approximate surface area is 126 Å². The number of fused-ring (bicyclic) bond motifs is 1. The number of rotatable bonds is 4. The molecule has 20 heavy (non-hydrogen) atoms. The van der Waals surface area contributed by atoms with Crippen molar-refractivity contribution in [2.45, 2.75) is 51.4 Å². The number of aromatic nitrogens is 1. The number of piperazine rings is 1. The van der Waals surface area contributed by atoms with Gasteiger partial charge in [0.2, 0.25) is 0 Å². The SMILES string of the molecule is CNCc1nc(CN2CC3CCCCN3CC2C)cs1. The third kappa shape index (κ3) is 3.22. The average molecular weight is 294 g/mol. The van der Waals surface area contributed by atoms with Crippen LogP contribution in [0.25, 0.3) is 0 Å². The highest BCUT2D eigenvalue weighted by molar-refractivity contribution is 7.09. The molecule has 2 atom stereocenters. The first-order chi connectivity index (χ1) is 9.76. The third-order valence-corrected chi connectivity index (χ3v) is 5.51. The van der Waals surface area contributed by atoms with Gasteiger partial charge in [-0.15, -0.1) is 11.3 Å². The fraction of sp³-hybridized carbons (Fsp3) is 0.800. The number of hydrogen-bond acceptors (Lipinski definition) is 5. The van der Waals surface area contributed by atoms with E-state index in [1.807, 2.05) is 7.05 Å². The number of piperidine rings is 1. The average Bonchev–Trinajstić information content (AvgIpc) is 2.87. The minimum Gasteiger partial charge on any atom is -0.314 e. The molecule has 5 heteroatoms. The Morgan fingerprint density at radius 2 is 2.30 bits per heavy atom. The van der Waals surface area contributed by atoms with E-state index in [0.717, 1.165) is 19.1 Å². The lowest BCUT2D eigenvalue weighted by atomic mass is 9.97. The molecule has 0 bridgehead atoms. The second-order valence-corrected chi connectivity index (χ2v) is 7.13. The van der Waals surface area contributed by atoms with Crippen LogP contribution in [0.15, 0.2) is 5.38 Å². The van der Waals surface area contributed by atoms with Crippen LogP contribution in [0, 0.1) is 0 Å². The normalized spacial score (nSPS) is 28.5. The Morgan fingerprint density at radius 1 is 1.40 bits per heavy atom. The van der Waals surface area contributed by atoms with Gasteiger partial charge in [-0.2, -0.15) is 0 Å². The number of nitrogens with zero attached hydrogens (tertiary/aromatic N) is 3. The zero-order chi connectivity index (χ0) is 13.9. The molecule has 0 saturated carbocycles. The number of thiazole rings is 1. The lowest BCUT2D eigenvalue weighted by molar-refractivity contribution is 0.0105. The first kappa shape index (κ1) is 14.4. The third-order valence-electron chi connectivity index (χ3n) is 4.61. The van der Waals surface area contributed by atoms with Crippen molar-refractivity contribution in [3.05, 3.63) is 16.1 Å². The summed E-state index contributed by atoms with van der Waals surface area (Å²) in [5.74, 6) is 0. The molecule has 0 amide bonds. The van der Waals surface area contributed by atoms with E-state index in [0.29, 0.717) is 6.04 Å². The molecular weight excluding hydrogens is 268 g/mol. The molecule has 4 nitrogen and oxygen atoms in total. The van der Waals surface area contributed by atoms with Crippen LogP contribution >= 0.6 is 11.3 Å². The van der Waals surface area contributed by atoms with Crippen molar-refractivity contribution in [3.8, 4) is 0 Å². The lowest BCUT2D eigenvalue weighted by Crippen LogP contribution is -2.58.